The van der Waals surface area contributed by atoms with Crippen LogP contribution < -0.4 is 16.0 Å². The van der Waals surface area contributed by atoms with Gasteiger partial charge < -0.3 is 10.6 Å². The van der Waals surface area contributed by atoms with Crippen LogP contribution in [0.25, 0.3) is 0 Å². The highest BCUT2D eigenvalue weighted by molar-refractivity contribution is 9.14. The van der Waals surface area contributed by atoms with Gasteiger partial charge in [0.15, 0.2) is 0 Å². The Hall–Kier alpha value is 0.380. The molecule has 1 heterocycles. The minimum absolute atomic E-state index is 0.294. The molecular weight excluding hydrogens is 438 g/mol. The van der Waals surface area contributed by atoms with Crippen LogP contribution in [0.15, 0.2) is 19.5 Å². The second-order valence-corrected chi connectivity index (χ2v) is 7.14. The van der Waals surface area contributed by atoms with E-state index in [-0.39, 0.29) is 0 Å². The molecule has 1 aliphatic rings. The number of fused-ring (bicyclic) bond motifs is 1. The molecule has 1 aliphatic heterocycles. The fraction of sp³-hybridized carbons (Fsp3) is 0.538. The molecule has 0 fully saturated rings. The van der Waals surface area contributed by atoms with Gasteiger partial charge in [-0.15, -0.1) is 0 Å². The molecule has 0 saturated carbocycles. The van der Waals surface area contributed by atoms with Gasteiger partial charge in [0.2, 0.25) is 0 Å². The standard InChI is InChI=1S/C13H18Br3N3/c1-8(18-5-4-17)19-6-2-3-9-11(19)7-10(14)13(16)12(9)15/h7-8,18H,2-6,17H2,1H3. The number of anilines is 1. The van der Waals surface area contributed by atoms with Crippen molar-refractivity contribution in [2.45, 2.75) is 25.9 Å². The average molecular weight is 456 g/mol. The minimum atomic E-state index is 0.294. The molecule has 3 N–H and O–H groups in total. The van der Waals surface area contributed by atoms with Crippen molar-refractivity contribution in [1.82, 2.24) is 5.32 Å². The van der Waals surface area contributed by atoms with Crippen molar-refractivity contribution in [2.24, 2.45) is 5.73 Å². The predicted octanol–water partition coefficient (Wildman–Crippen LogP) is 3.62. The van der Waals surface area contributed by atoms with Crippen molar-refractivity contribution in [1.29, 1.82) is 0 Å². The lowest BCUT2D eigenvalue weighted by Crippen LogP contribution is -2.47. The Kier molecular flexibility index (Phi) is 5.72. The van der Waals surface area contributed by atoms with Crippen LogP contribution in [0.3, 0.4) is 0 Å². The van der Waals surface area contributed by atoms with Crippen molar-refractivity contribution in [3.63, 3.8) is 0 Å². The number of nitrogens with one attached hydrogen (secondary N) is 1. The molecule has 106 valence electrons. The maximum atomic E-state index is 5.57. The van der Waals surface area contributed by atoms with Crippen LogP contribution in [0.2, 0.25) is 0 Å². The summed E-state index contributed by atoms with van der Waals surface area (Å²) in [4.78, 5) is 2.41. The van der Waals surface area contributed by atoms with E-state index in [1.165, 1.54) is 17.7 Å². The maximum absolute atomic E-state index is 5.57. The molecule has 0 amide bonds. The number of hydrogen-bond acceptors (Lipinski definition) is 3. The van der Waals surface area contributed by atoms with Crippen LogP contribution in [0.5, 0.6) is 0 Å². The quantitative estimate of drug-likeness (QED) is 0.681. The van der Waals surface area contributed by atoms with Gasteiger partial charge in [-0.2, -0.15) is 0 Å². The highest BCUT2D eigenvalue weighted by Gasteiger charge is 2.24. The zero-order valence-electron chi connectivity index (χ0n) is 10.8. The van der Waals surface area contributed by atoms with Gasteiger partial charge in [0.05, 0.1) is 6.17 Å². The molecular formula is C13H18Br3N3. The van der Waals surface area contributed by atoms with Gasteiger partial charge in [0.1, 0.15) is 0 Å². The smallest absolute Gasteiger partial charge is 0.0767 e. The van der Waals surface area contributed by atoms with Crippen molar-refractivity contribution in [2.75, 3.05) is 24.5 Å². The molecule has 1 atom stereocenters. The lowest BCUT2D eigenvalue weighted by atomic mass is 10.0. The number of halogens is 3. The largest absolute Gasteiger partial charge is 0.356 e. The van der Waals surface area contributed by atoms with Crippen molar-refractivity contribution in [3.8, 4) is 0 Å². The average Bonchev–Trinajstić information content (AvgIpc) is 2.42. The first kappa shape index (κ1) is 15.8. The molecule has 19 heavy (non-hydrogen) atoms. The summed E-state index contributed by atoms with van der Waals surface area (Å²) in [6.45, 7) is 4.77. The van der Waals surface area contributed by atoms with Gasteiger partial charge in [0, 0.05) is 38.7 Å². The molecule has 1 aromatic rings. The molecule has 3 nitrogen and oxygen atoms in total. The molecule has 2 rings (SSSR count). The summed E-state index contributed by atoms with van der Waals surface area (Å²) in [5.74, 6) is 0. The fourth-order valence-electron chi connectivity index (χ4n) is 2.47. The summed E-state index contributed by atoms with van der Waals surface area (Å²) in [5.41, 5.74) is 8.24. The summed E-state index contributed by atoms with van der Waals surface area (Å²) in [6, 6.07) is 2.20. The van der Waals surface area contributed by atoms with Gasteiger partial charge in [-0.1, -0.05) is 0 Å². The number of hydrogen-bond donors (Lipinski definition) is 2. The lowest BCUT2D eigenvalue weighted by molar-refractivity contribution is 0.503. The Balaban J connectivity index is 2.33. The van der Waals surface area contributed by atoms with E-state index in [0.717, 1.165) is 32.9 Å². The Morgan fingerprint density at radius 3 is 2.79 bits per heavy atom. The van der Waals surface area contributed by atoms with Crippen molar-refractivity contribution >= 4 is 53.5 Å². The summed E-state index contributed by atoms with van der Waals surface area (Å²) in [5, 5.41) is 3.46. The number of nitrogens with two attached hydrogens (primary N) is 1. The van der Waals surface area contributed by atoms with E-state index in [4.69, 9.17) is 5.73 Å². The molecule has 0 aromatic heterocycles. The summed E-state index contributed by atoms with van der Waals surface area (Å²) >= 11 is 10.9. The van der Waals surface area contributed by atoms with Crippen LogP contribution in [0.4, 0.5) is 5.69 Å². The van der Waals surface area contributed by atoms with Crippen LogP contribution in [-0.4, -0.2) is 25.8 Å². The summed E-state index contributed by atoms with van der Waals surface area (Å²) in [7, 11) is 0. The lowest BCUT2D eigenvalue weighted by Gasteiger charge is -2.37. The van der Waals surface area contributed by atoms with Gasteiger partial charge >= 0.3 is 0 Å². The van der Waals surface area contributed by atoms with E-state index >= 15 is 0 Å². The molecule has 6 heteroatoms. The Labute approximate surface area is 139 Å². The maximum Gasteiger partial charge on any atom is 0.0767 e. The molecule has 0 saturated heterocycles. The molecule has 1 aromatic carbocycles. The molecule has 0 radical (unpaired) electrons. The third-order valence-corrected chi connectivity index (χ3v) is 6.82. The molecule has 0 bridgehead atoms. The second-order valence-electron chi connectivity index (χ2n) is 4.70. The van der Waals surface area contributed by atoms with Gasteiger partial charge in [-0.25, -0.2) is 0 Å². The zero-order chi connectivity index (χ0) is 14.0. The highest BCUT2D eigenvalue weighted by atomic mass is 79.9. The molecule has 1 unspecified atom stereocenters. The van der Waals surface area contributed by atoms with Crippen molar-refractivity contribution < 1.29 is 0 Å². The van der Waals surface area contributed by atoms with Gasteiger partial charge in [0.25, 0.3) is 0 Å². The Bertz CT molecular complexity index is 465. The first-order valence-electron chi connectivity index (χ1n) is 6.42. The minimum Gasteiger partial charge on any atom is -0.356 e. The predicted molar refractivity (Wildman–Crippen MR) is 91.7 cm³/mol. The topological polar surface area (TPSA) is 41.3 Å². The summed E-state index contributed by atoms with van der Waals surface area (Å²) in [6.07, 6.45) is 2.58. The number of nitrogens with zero attached hydrogens (tertiary/aromatic N) is 1. The van der Waals surface area contributed by atoms with E-state index in [1.807, 2.05) is 0 Å². The van der Waals surface area contributed by atoms with E-state index in [0.29, 0.717) is 12.7 Å². The van der Waals surface area contributed by atoms with Crippen LogP contribution in [-0.2, 0) is 6.42 Å². The van der Waals surface area contributed by atoms with Crippen LogP contribution in [0, 0.1) is 0 Å². The summed E-state index contributed by atoms with van der Waals surface area (Å²) < 4.78 is 3.33. The monoisotopic (exact) mass is 453 g/mol. The fourth-order valence-corrected chi connectivity index (χ4v) is 4.12. The van der Waals surface area contributed by atoms with E-state index in [9.17, 15) is 0 Å². The van der Waals surface area contributed by atoms with E-state index < -0.39 is 0 Å². The molecule has 0 aliphatic carbocycles. The first-order valence-corrected chi connectivity index (χ1v) is 8.80. The number of rotatable bonds is 4. The Morgan fingerprint density at radius 2 is 2.11 bits per heavy atom. The van der Waals surface area contributed by atoms with Crippen LogP contribution in [0.1, 0.15) is 18.9 Å². The van der Waals surface area contributed by atoms with Crippen molar-refractivity contribution in [3.05, 3.63) is 25.0 Å². The van der Waals surface area contributed by atoms with E-state index in [1.54, 1.807) is 0 Å². The Morgan fingerprint density at radius 1 is 1.37 bits per heavy atom. The third kappa shape index (κ3) is 3.35. The SMILES string of the molecule is CC(NCCN)N1CCCc2c1cc(Br)c(Br)c2Br. The second kappa shape index (κ2) is 6.89. The van der Waals surface area contributed by atoms with Crippen LogP contribution >= 0.6 is 47.8 Å². The molecule has 0 spiro atoms. The third-order valence-electron chi connectivity index (χ3n) is 3.43. The number of benzene rings is 1. The first-order chi connectivity index (χ1) is 9.06. The highest BCUT2D eigenvalue weighted by Crippen LogP contribution is 2.42. The van der Waals surface area contributed by atoms with E-state index in [2.05, 4.69) is 71.0 Å². The van der Waals surface area contributed by atoms with Gasteiger partial charge in [-0.05, 0) is 79.2 Å². The normalized spacial score (nSPS) is 16.4. The van der Waals surface area contributed by atoms with Gasteiger partial charge in [-0.3, -0.25) is 5.32 Å². The zero-order valence-corrected chi connectivity index (χ0v) is 15.6.